The zero-order valence-corrected chi connectivity index (χ0v) is 30.8. The first-order chi connectivity index (χ1) is 28.2. The van der Waals surface area contributed by atoms with Crippen molar-refractivity contribution >= 4 is 43.5 Å². The molecule has 57 heavy (non-hydrogen) atoms. The van der Waals surface area contributed by atoms with Crippen LogP contribution in [0.2, 0.25) is 0 Å². The van der Waals surface area contributed by atoms with Gasteiger partial charge in [0.05, 0.1) is 0 Å². The minimum atomic E-state index is 0.582. The highest BCUT2D eigenvalue weighted by Crippen LogP contribution is 2.41. The molecule has 0 aliphatic heterocycles. The van der Waals surface area contributed by atoms with Crippen LogP contribution in [0.15, 0.2) is 205 Å². The number of aromatic nitrogens is 3. The van der Waals surface area contributed by atoms with Gasteiger partial charge in [-0.15, -0.1) is 0 Å². The van der Waals surface area contributed by atoms with Crippen LogP contribution >= 0.6 is 0 Å². The first kappa shape index (κ1) is 32.7. The van der Waals surface area contributed by atoms with Crippen LogP contribution in [0.3, 0.4) is 0 Å². The van der Waals surface area contributed by atoms with Gasteiger partial charge in [0.2, 0.25) is 0 Å². The second kappa shape index (κ2) is 13.6. The summed E-state index contributed by atoms with van der Waals surface area (Å²) in [6.07, 6.45) is 0. The van der Waals surface area contributed by atoms with Gasteiger partial charge in [0.15, 0.2) is 17.5 Å². The van der Waals surface area contributed by atoms with Crippen molar-refractivity contribution in [3.8, 4) is 67.5 Å². The van der Waals surface area contributed by atoms with E-state index in [1.165, 1.54) is 21.9 Å². The Morgan fingerprint density at radius 1 is 0.281 bits per heavy atom. The molecule has 0 unspecified atom stereocenters. The summed E-state index contributed by atoms with van der Waals surface area (Å²) in [6, 6.07) is 70.0. The molecule has 2 aromatic heterocycles. The lowest BCUT2D eigenvalue weighted by Crippen LogP contribution is -2.01. The molecule has 0 N–H and O–H groups in total. The Morgan fingerprint density at radius 3 is 1.51 bits per heavy atom. The van der Waals surface area contributed by atoms with Gasteiger partial charge in [-0.3, -0.25) is 0 Å². The Hall–Kier alpha value is -7.69. The lowest BCUT2D eigenvalue weighted by molar-refractivity contribution is 0.669. The maximum atomic E-state index is 6.58. The van der Waals surface area contributed by atoms with E-state index in [0.29, 0.717) is 17.5 Å². The van der Waals surface area contributed by atoms with Crippen LogP contribution in [0.4, 0.5) is 0 Å². The van der Waals surface area contributed by atoms with E-state index in [-0.39, 0.29) is 0 Å². The van der Waals surface area contributed by atoms with Gasteiger partial charge in [-0.05, 0) is 97.4 Å². The maximum absolute atomic E-state index is 6.58. The quantitative estimate of drug-likeness (QED) is 0.171. The number of hydrogen-bond acceptors (Lipinski definition) is 4. The fraction of sp³-hybridized carbons (Fsp3) is 0. The molecule has 0 bridgehead atoms. The summed E-state index contributed by atoms with van der Waals surface area (Å²) < 4.78 is 6.58. The molecule has 266 valence electrons. The molecule has 0 aliphatic carbocycles. The fourth-order valence-corrected chi connectivity index (χ4v) is 7.98. The van der Waals surface area contributed by atoms with Crippen molar-refractivity contribution in [1.29, 1.82) is 0 Å². The highest BCUT2D eigenvalue weighted by atomic mass is 16.3. The number of para-hydroxylation sites is 1. The molecule has 0 radical (unpaired) electrons. The minimum absolute atomic E-state index is 0.582. The molecule has 0 fully saturated rings. The molecule has 11 rings (SSSR count). The predicted octanol–water partition coefficient (Wildman–Crippen LogP) is 14.1. The molecule has 0 atom stereocenters. The van der Waals surface area contributed by atoms with Gasteiger partial charge in [-0.25, -0.2) is 15.0 Å². The molecule has 2 heterocycles. The Kier molecular flexibility index (Phi) is 7.78. The summed E-state index contributed by atoms with van der Waals surface area (Å²) in [7, 11) is 0. The second-order valence-corrected chi connectivity index (χ2v) is 14.5. The first-order valence-electron chi connectivity index (χ1n) is 19.2. The van der Waals surface area contributed by atoms with Crippen LogP contribution in [0.25, 0.3) is 111 Å². The molecular weight excluding hydrogens is 695 g/mol. The van der Waals surface area contributed by atoms with Crippen molar-refractivity contribution < 1.29 is 4.42 Å². The Balaban J connectivity index is 1.14. The molecule has 4 heteroatoms. The van der Waals surface area contributed by atoms with Gasteiger partial charge in [0, 0.05) is 27.5 Å². The molecule has 9 aromatic carbocycles. The topological polar surface area (TPSA) is 51.8 Å². The normalized spacial score (nSPS) is 11.5. The van der Waals surface area contributed by atoms with Gasteiger partial charge in [0.25, 0.3) is 0 Å². The molecule has 0 spiro atoms. The summed E-state index contributed by atoms with van der Waals surface area (Å²) in [5.41, 5.74) is 11.0. The smallest absolute Gasteiger partial charge is 0.164 e. The molecular formula is C53H33N3O. The highest BCUT2D eigenvalue weighted by molar-refractivity contribution is 6.13. The van der Waals surface area contributed by atoms with Crippen molar-refractivity contribution in [2.75, 3.05) is 0 Å². The average molecular weight is 728 g/mol. The Morgan fingerprint density at radius 2 is 0.772 bits per heavy atom. The van der Waals surface area contributed by atoms with E-state index in [0.717, 1.165) is 71.7 Å². The zero-order valence-electron chi connectivity index (χ0n) is 30.8. The summed E-state index contributed by atoms with van der Waals surface area (Å²) in [5.74, 6) is 1.79. The van der Waals surface area contributed by atoms with E-state index in [9.17, 15) is 0 Å². The summed E-state index contributed by atoms with van der Waals surface area (Å²) in [6.45, 7) is 0. The Labute approximate surface area is 329 Å². The van der Waals surface area contributed by atoms with Crippen LogP contribution < -0.4 is 0 Å². The van der Waals surface area contributed by atoms with Crippen molar-refractivity contribution in [2.45, 2.75) is 0 Å². The molecule has 0 saturated carbocycles. The lowest BCUT2D eigenvalue weighted by atomic mass is 9.96. The summed E-state index contributed by atoms with van der Waals surface area (Å²) in [5, 5.41) is 6.63. The Bertz CT molecular complexity index is 3300. The molecule has 0 amide bonds. The van der Waals surface area contributed by atoms with Crippen LogP contribution in [0.1, 0.15) is 0 Å². The number of hydrogen-bond donors (Lipinski definition) is 0. The minimum Gasteiger partial charge on any atom is -0.456 e. The molecule has 4 nitrogen and oxygen atoms in total. The largest absolute Gasteiger partial charge is 0.456 e. The van der Waals surface area contributed by atoms with Crippen LogP contribution in [-0.2, 0) is 0 Å². The number of rotatable bonds is 6. The average Bonchev–Trinajstić information content (AvgIpc) is 3.67. The van der Waals surface area contributed by atoms with Gasteiger partial charge < -0.3 is 4.42 Å². The van der Waals surface area contributed by atoms with Crippen molar-refractivity contribution in [2.24, 2.45) is 0 Å². The highest BCUT2D eigenvalue weighted by Gasteiger charge is 2.20. The maximum Gasteiger partial charge on any atom is 0.164 e. The van der Waals surface area contributed by atoms with E-state index < -0.39 is 0 Å². The van der Waals surface area contributed by atoms with Gasteiger partial charge >= 0.3 is 0 Å². The van der Waals surface area contributed by atoms with Gasteiger partial charge in [-0.1, -0.05) is 158 Å². The van der Waals surface area contributed by atoms with E-state index in [1.807, 2.05) is 24.3 Å². The van der Waals surface area contributed by atoms with Gasteiger partial charge in [0.1, 0.15) is 11.2 Å². The summed E-state index contributed by atoms with van der Waals surface area (Å²) >= 11 is 0. The second-order valence-electron chi connectivity index (χ2n) is 14.5. The fourth-order valence-electron chi connectivity index (χ4n) is 7.98. The number of furan rings is 1. The van der Waals surface area contributed by atoms with E-state index in [1.54, 1.807) is 0 Å². The number of fused-ring (bicyclic) bond motifs is 5. The van der Waals surface area contributed by atoms with Crippen molar-refractivity contribution in [3.63, 3.8) is 0 Å². The number of benzene rings is 9. The third-order valence-corrected chi connectivity index (χ3v) is 10.9. The third-order valence-electron chi connectivity index (χ3n) is 10.9. The van der Waals surface area contributed by atoms with Crippen LogP contribution in [-0.4, -0.2) is 15.0 Å². The van der Waals surface area contributed by atoms with E-state index >= 15 is 0 Å². The predicted molar refractivity (Wildman–Crippen MR) is 235 cm³/mol. The first-order valence-corrected chi connectivity index (χ1v) is 19.2. The molecule has 0 aliphatic rings. The van der Waals surface area contributed by atoms with Gasteiger partial charge in [-0.2, -0.15) is 0 Å². The monoisotopic (exact) mass is 727 g/mol. The van der Waals surface area contributed by atoms with Crippen molar-refractivity contribution in [3.05, 3.63) is 200 Å². The van der Waals surface area contributed by atoms with Crippen LogP contribution in [0.5, 0.6) is 0 Å². The molecule has 0 saturated heterocycles. The number of nitrogens with zero attached hydrogens (tertiary/aromatic N) is 3. The SMILES string of the molecule is c1ccc(-c2cccc(-c3nc(-c4ccc5cc(-c6ccccc6)ccc5c4)nc(-c4cc(-c5ccc6ccccc6c5)cc5oc6ccccc6c45)n3)c2)cc1. The van der Waals surface area contributed by atoms with Crippen LogP contribution in [0, 0.1) is 0 Å². The summed E-state index contributed by atoms with van der Waals surface area (Å²) in [4.78, 5) is 15.8. The third kappa shape index (κ3) is 6.01. The van der Waals surface area contributed by atoms with E-state index in [4.69, 9.17) is 19.4 Å². The zero-order chi connectivity index (χ0) is 37.7. The van der Waals surface area contributed by atoms with E-state index in [2.05, 4.69) is 176 Å². The molecule has 11 aromatic rings. The lowest BCUT2D eigenvalue weighted by Gasteiger charge is -2.12. The van der Waals surface area contributed by atoms with Crippen molar-refractivity contribution in [1.82, 2.24) is 15.0 Å². The standard InChI is InChI=1S/C53H33N3O/c1-3-12-34(13-4-1)38-18-11-19-43(30-38)51-54-52(44-27-26-40-29-39(24-25-41(40)31-44)35-14-5-2-6-15-35)56-53(55-51)47-32-45(42-23-22-36-16-7-8-17-37(36)28-42)33-49-50(47)46-20-9-10-21-48(46)57-49/h1-33H.